The summed E-state index contributed by atoms with van der Waals surface area (Å²) in [6.45, 7) is 5.07. The Kier molecular flexibility index (Phi) is 2.74. The van der Waals surface area contributed by atoms with Gasteiger partial charge >= 0.3 is 0 Å². The molecule has 78 valence electrons. The van der Waals surface area contributed by atoms with Crippen LogP contribution in [0.15, 0.2) is 6.07 Å². The molecule has 0 saturated heterocycles. The number of halogens is 2. The summed E-state index contributed by atoms with van der Waals surface area (Å²) in [5.41, 5.74) is 5.95. The number of benzene rings is 1. The predicted molar refractivity (Wildman–Crippen MR) is 55.0 cm³/mol. The van der Waals surface area contributed by atoms with Crippen molar-refractivity contribution >= 4 is 11.6 Å². The van der Waals surface area contributed by atoms with Gasteiger partial charge in [0.15, 0.2) is 11.6 Å². The van der Waals surface area contributed by atoms with E-state index in [9.17, 15) is 9.50 Å². The molecule has 0 spiro atoms. The highest BCUT2D eigenvalue weighted by atomic mass is 35.5. The van der Waals surface area contributed by atoms with Gasteiger partial charge in [0.2, 0.25) is 0 Å². The summed E-state index contributed by atoms with van der Waals surface area (Å²) in [4.78, 5) is 0. The Labute approximate surface area is 87.5 Å². The highest BCUT2D eigenvalue weighted by Gasteiger charge is 2.25. The predicted octanol–water partition coefficient (Wildman–Crippen LogP) is 2.69. The third-order valence-corrected chi connectivity index (χ3v) is 2.49. The van der Waals surface area contributed by atoms with Gasteiger partial charge in [0.1, 0.15) is 0 Å². The third kappa shape index (κ3) is 1.83. The zero-order valence-corrected chi connectivity index (χ0v) is 9.11. The highest BCUT2D eigenvalue weighted by Crippen LogP contribution is 2.36. The van der Waals surface area contributed by atoms with Crippen molar-refractivity contribution in [1.29, 1.82) is 0 Å². The Morgan fingerprint density at radius 2 is 2.00 bits per heavy atom. The van der Waals surface area contributed by atoms with Crippen LogP contribution in [0.1, 0.15) is 25.0 Å². The zero-order valence-electron chi connectivity index (χ0n) is 8.36. The first-order chi connectivity index (χ1) is 6.25. The van der Waals surface area contributed by atoms with Crippen LogP contribution in [0.3, 0.4) is 0 Å². The molecule has 0 aliphatic rings. The highest BCUT2D eigenvalue weighted by molar-refractivity contribution is 6.31. The number of rotatable bonds is 1. The van der Waals surface area contributed by atoms with Crippen molar-refractivity contribution in [1.82, 2.24) is 0 Å². The number of hydrogen-bond donors (Lipinski definition) is 2. The maximum atomic E-state index is 13.2. The smallest absolute Gasteiger partial charge is 0.166 e. The Bertz CT molecular complexity index is 345. The molecule has 1 aromatic carbocycles. The van der Waals surface area contributed by atoms with Crippen LogP contribution in [0.2, 0.25) is 5.02 Å². The van der Waals surface area contributed by atoms with E-state index in [0.717, 1.165) is 6.07 Å². The van der Waals surface area contributed by atoms with E-state index in [-0.39, 0.29) is 5.02 Å². The molecule has 0 aromatic heterocycles. The lowest BCUT2D eigenvalue weighted by Crippen LogP contribution is -2.30. The first-order valence-electron chi connectivity index (χ1n) is 4.22. The van der Waals surface area contributed by atoms with Crippen molar-refractivity contribution in [2.45, 2.75) is 26.3 Å². The molecule has 0 aliphatic heterocycles. The molecule has 1 aromatic rings. The minimum atomic E-state index is -0.820. The second-order valence-corrected chi connectivity index (χ2v) is 4.32. The normalized spacial score (nSPS) is 11.9. The largest absolute Gasteiger partial charge is 0.505 e. The summed E-state index contributed by atoms with van der Waals surface area (Å²) >= 11 is 5.79. The number of hydrogen-bond acceptors (Lipinski definition) is 2. The second-order valence-electron chi connectivity index (χ2n) is 3.91. The number of nitrogens with two attached hydrogens (primary N) is 1. The monoisotopic (exact) mass is 217 g/mol. The van der Waals surface area contributed by atoms with Gasteiger partial charge in [0, 0.05) is 16.1 Å². The first kappa shape index (κ1) is 11.3. The molecule has 0 radical (unpaired) electrons. The van der Waals surface area contributed by atoms with Crippen LogP contribution in [0.4, 0.5) is 4.39 Å². The quantitative estimate of drug-likeness (QED) is 0.760. The van der Waals surface area contributed by atoms with Crippen LogP contribution in [0, 0.1) is 12.7 Å². The molecule has 14 heavy (non-hydrogen) atoms. The number of aromatic hydroxyl groups is 1. The lowest BCUT2D eigenvalue weighted by Gasteiger charge is -2.23. The standard InChI is InChI=1S/C10H13ClFNO/c1-5-6(11)4-7(12)9(14)8(5)10(2,3)13/h4,14H,13H2,1-3H3. The summed E-state index contributed by atoms with van der Waals surface area (Å²) in [6, 6.07) is 1.08. The summed E-state index contributed by atoms with van der Waals surface area (Å²) < 4.78 is 13.2. The van der Waals surface area contributed by atoms with Crippen LogP contribution < -0.4 is 5.73 Å². The van der Waals surface area contributed by atoms with Gasteiger partial charge in [-0.25, -0.2) is 4.39 Å². The Balaban J connectivity index is 3.56. The molecule has 0 unspecified atom stereocenters. The van der Waals surface area contributed by atoms with E-state index in [2.05, 4.69) is 0 Å². The first-order valence-corrected chi connectivity index (χ1v) is 4.60. The molecular formula is C10H13ClFNO. The Morgan fingerprint density at radius 1 is 1.50 bits per heavy atom. The van der Waals surface area contributed by atoms with E-state index in [1.165, 1.54) is 0 Å². The summed E-state index contributed by atoms with van der Waals surface area (Å²) in [6.07, 6.45) is 0. The molecule has 3 N–H and O–H groups in total. The van der Waals surface area contributed by atoms with Gasteiger partial charge in [-0.05, 0) is 32.4 Å². The molecular weight excluding hydrogens is 205 g/mol. The van der Waals surface area contributed by atoms with Gasteiger partial charge in [-0.15, -0.1) is 0 Å². The van der Waals surface area contributed by atoms with E-state index in [4.69, 9.17) is 17.3 Å². The van der Waals surface area contributed by atoms with E-state index >= 15 is 0 Å². The molecule has 2 nitrogen and oxygen atoms in total. The van der Waals surface area contributed by atoms with E-state index in [1.54, 1.807) is 20.8 Å². The molecule has 1 rings (SSSR count). The van der Waals surface area contributed by atoms with Crippen LogP contribution >= 0.6 is 11.6 Å². The molecule has 0 amide bonds. The average molecular weight is 218 g/mol. The molecule has 0 bridgehead atoms. The topological polar surface area (TPSA) is 46.2 Å². The Hall–Kier alpha value is -0.800. The fourth-order valence-corrected chi connectivity index (χ4v) is 1.68. The van der Waals surface area contributed by atoms with E-state index in [0.29, 0.717) is 11.1 Å². The molecule has 0 saturated carbocycles. The average Bonchev–Trinajstić information content (AvgIpc) is 1.98. The van der Waals surface area contributed by atoms with Crippen molar-refractivity contribution in [2.75, 3.05) is 0 Å². The molecule has 0 aliphatic carbocycles. The fraction of sp³-hybridized carbons (Fsp3) is 0.400. The van der Waals surface area contributed by atoms with Crippen molar-refractivity contribution < 1.29 is 9.50 Å². The second kappa shape index (κ2) is 3.41. The van der Waals surface area contributed by atoms with Crippen molar-refractivity contribution in [3.05, 3.63) is 28.0 Å². The minimum absolute atomic E-state index is 0.272. The lowest BCUT2D eigenvalue weighted by molar-refractivity contribution is 0.404. The summed E-state index contributed by atoms with van der Waals surface area (Å²) in [5, 5.41) is 9.80. The van der Waals surface area contributed by atoms with Crippen LogP contribution in [0.25, 0.3) is 0 Å². The van der Waals surface area contributed by atoms with E-state index in [1.807, 2.05) is 0 Å². The molecule has 0 heterocycles. The van der Waals surface area contributed by atoms with Gasteiger partial charge in [-0.3, -0.25) is 0 Å². The van der Waals surface area contributed by atoms with Gasteiger partial charge in [0.25, 0.3) is 0 Å². The fourth-order valence-electron chi connectivity index (χ4n) is 1.49. The minimum Gasteiger partial charge on any atom is -0.505 e. The SMILES string of the molecule is Cc1c(Cl)cc(F)c(O)c1C(C)(C)N. The van der Waals surface area contributed by atoms with Crippen LogP contribution in [0.5, 0.6) is 5.75 Å². The summed E-state index contributed by atoms with van der Waals surface area (Å²) in [5.74, 6) is -1.16. The van der Waals surface area contributed by atoms with Crippen molar-refractivity contribution in [3.63, 3.8) is 0 Å². The molecule has 0 atom stereocenters. The zero-order chi connectivity index (χ0) is 11.1. The lowest BCUT2D eigenvalue weighted by atomic mass is 9.90. The Morgan fingerprint density at radius 3 is 2.43 bits per heavy atom. The maximum absolute atomic E-state index is 13.2. The van der Waals surface area contributed by atoms with Gasteiger partial charge in [-0.2, -0.15) is 0 Å². The number of phenols is 1. The third-order valence-electron chi connectivity index (χ3n) is 2.09. The van der Waals surface area contributed by atoms with E-state index < -0.39 is 17.1 Å². The van der Waals surface area contributed by atoms with Crippen molar-refractivity contribution in [2.24, 2.45) is 5.73 Å². The summed E-state index contributed by atoms with van der Waals surface area (Å²) in [7, 11) is 0. The molecule has 4 heteroatoms. The van der Waals surface area contributed by atoms with Crippen LogP contribution in [-0.2, 0) is 5.54 Å². The maximum Gasteiger partial charge on any atom is 0.166 e. The molecule has 0 fully saturated rings. The number of phenolic OH excluding ortho intramolecular Hbond substituents is 1. The van der Waals surface area contributed by atoms with Gasteiger partial charge in [-0.1, -0.05) is 11.6 Å². The van der Waals surface area contributed by atoms with Crippen molar-refractivity contribution in [3.8, 4) is 5.75 Å². The van der Waals surface area contributed by atoms with Gasteiger partial charge < -0.3 is 10.8 Å². The van der Waals surface area contributed by atoms with Gasteiger partial charge in [0.05, 0.1) is 0 Å². The van der Waals surface area contributed by atoms with Crippen LogP contribution in [-0.4, -0.2) is 5.11 Å².